The molecule has 0 saturated carbocycles. The molecule has 20 heavy (non-hydrogen) atoms. The number of halogens is 1. The Bertz CT molecular complexity index is 531. The molecule has 1 unspecified atom stereocenters. The lowest BCUT2D eigenvalue weighted by Crippen LogP contribution is -2.49. The molecule has 1 atom stereocenters. The zero-order valence-corrected chi connectivity index (χ0v) is 13.6. The van der Waals surface area contributed by atoms with E-state index in [1.165, 1.54) is 0 Å². The fourth-order valence-electron chi connectivity index (χ4n) is 2.95. The highest BCUT2D eigenvalue weighted by Gasteiger charge is 2.37. The highest BCUT2D eigenvalue weighted by molar-refractivity contribution is 9.10. The van der Waals surface area contributed by atoms with Crippen molar-refractivity contribution in [3.05, 3.63) is 20.8 Å². The standard InChI is InChI=1S/C14H17BrN2O2S/c15-10-5-8-20-12(10)9-16-7-4-13(18)17-6-2-1-3-11(17)14(16)19/h5,8,11H,1-4,6-7,9H2. The van der Waals surface area contributed by atoms with Crippen molar-refractivity contribution in [2.45, 2.75) is 38.3 Å². The fraction of sp³-hybridized carbons (Fsp3) is 0.571. The van der Waals surface area contributed by atoms with Crippen LogP contribution >= 0.6 is 27.3 Å². The Balaban J connectivity index is 1.80. The lowest BCUT2D eigenvalue weighted by Gasteiger charge is -2.34. The molecule has 0 bridgehead atoms. The molecule has 2 aliphatic rings. The number of carbonyl (C=O) groups is 2. The maximum absolute atomic E-state index is 12.7. The van der Waals surface area contributed by atoms with E-state index in [-0.39, 0.29) is 17.9 Å². The van der Waals surface area contributed by atoms with Gasteiger partial charge in [-0.2, -0.15) is 0 Å². The molecule has 2 aliphatic heterocycles. The molecule has 0 aromatic carbocycles. The molecule has 0 spiro atoms. The number of amides is 2. The third-order valence-corrected chi connectivity index (χ3v) is 5.95. The lowest BCUT2D eigenvalue weighted by molar-refractivity contribution is -0.143. The summed E-state index contributed by atoms with van der Waals surface area (Å²) in [5.41, 5.74) is 0. The van der Waals surface area contributed by atoms with E-state index in [1.807, 2.05) is 16.3 Å². The molecule has 0 N–H and O–H groups in total. The van der Waals surface area contributed by atoms with Crippen molar-refractivity contribution in [3.63, 3.8) is 0 Å². The highest BCUT2D eigenvalue weighted by Crippen LogP contribution is 2.27. The van der Waals surface area contributed by atoms with Gasteiger partial charge in [0.2, 0.25) is 11.8 Å². The van der Waals surface area contributed by atoms with E-state index >= 15 is 0 Å². The van der Waals surface area contributed by atoms with Crippen molar-refractivity contribution in [2.75, 3.05) is 13.1 Å². The summed E-state index contributed by atoms with van der Waals surface area (Å²) in [4.78, 5) is 29.6. The van der Waals surface area contributed by atoms with Gasteiger partial charge in [-0.25, -0.2) is 0 Å². The van der Waals surface area contributed by atoms with Gasteiger partial charge in [0, 0.05) is 28.9 Å². The van der Waals surface area contributed by atoms with Crippen molar-refractivity contribution in [1.29, 1.82) is 0 Å². The summed E-state index contributed by atoms with van der Waals surface area (Å²) in [5, 5.41) is 2.01. The zero-order chi connectivity index (χ0) is 14.1. The Kier molecular flexibility index (Phi) is 4.12. The van der Waals surface area contributed by atoms with Gasteiger partial charge in [-0.15, -0.1) is 11.3 Å². The van der Waals surface area contributed by atoms with E-state index in [2.05, 4.69) is 15.9 Å². The molecular weight excluding hydrogens is 340 g/mol. The molecule has 3 heterocycles. The Labute approximate surface area is 130 Å². The number of rotatable bonds is 2. The predicted octanol–water partition coefficient (Wildman–Crippen LogP) is 2.62. The van der Waals surface area contributed by atoms with Gasteiger partial charge in [0.15, 0.2) is 0 Å². The number of carbonyl (C=O) groups excluding carboxylic acids is 2. The van der Waals surface area contributed by atoms with Gasteiger partial charge in [0.05, 0.1) is 6.54 Å². The van der Waals surface area contributed by atoms with E-state index in [4.69, 9.17) is 0 Å². The summed E-state index contributed by atoms with van der Waals surface area (Å²) in [6.07, 6.45) is 3.32. The van der Waals surface area contributed by atoms with Crippen LogP contribution in [0.5, 0.6) is 0 Å². The van der Waals surface area contributed by atoms with Gasteiger partial charge < -0.3 is 9.80 Å². The number of nitrogens with zero attached hydrogens (tertiary/aromatic N) is 2. The van der Waals surface area contributed by atoms with E-state index in [0.717, 1.165) is 35.2 Å². The van der Waals surface area contributed by atoms with Crippen LogP contribution in [0.2, 0.25) is 0 Å². The van der Waals surface area contributed by atoms with Crippen molar-refractivity contribution in [3.8, 4) is 0 Å². The molecule has 1 aromatic heterocycles. The SMILES string of the molecule is O=C1C2CCCCN2C(=O)CCN1Cc1sccc1Br. The van der Waals surface area contributed by atoms with Crippen LogP contribution in [0.1, 0.15) is 30.6 Å². The number of hydrogen-bond donors (Lipinski definition) is 0. The van der Waals surface area contributed by atoms with Crippen LogP contribution in [0.4, 0.5) is 0 Å². The summed E-state index contributed by atoms with van der Waals surface area (Å²) in [5.74, 6) is 0.256. The topological polar surface area (TPSA) is 40.6 Å². The fourth-order valence-corrected chi connectivity index (χ4v) is 4.44. The molecule has 2 saturated heterocycles. The molecule has 1 aromatic rings. The van der Waals surface area contributed by atoms with Crippen LogP contribution in [0.3, 0.4) is 0 Å². The molecule has 3 rings (SSSR count). The summed E-state index contributed by atoms with van der Waals surface area (Å²) in [7, 11) is 0. The first-order valence-corrected chi connectivity index (χ1v) is 8.64. The Morgan fingerprint density at radius 2 is 2.15 bits per heavy atom. The summed E-state index contributed by atoms with van der Waals surface area (Å²) < 4.78 is 1.05. The van der Waals surface area contributed by atoms with Crippen LogP contribution in [0.25, 0.3) is 0 Å². The first-order chi connectivity index (χ1) is 9.66. The van der Waals surface area contributed by atoms with E-state index in [0.29, 0.717) is 19.5 Å². The van der Waals surface area contributed by atoms with E-state index in [1.54, 1.807) is 16.2 Å². The van der Waals surface area contributed by atoms with Gasteiger partial charge in [0.1, 0.15) is 6.04 Å². The van der Waals surface area contributed by atoms with Crippen molar-refractivity contribution < 1.29 is 9.59 Å². The smallest absolute Gasteiger partial charge is 0.245 e. The van der Waals surface area contributed by atoms with Crippen LogP contribution in [0, 0.1) is 0 Å². The van der Waals surface area contributed by atoms with Gasteiger partial charge >= 0.3 is 0 Å². The molecule has 6 heteroatoms. The average Bonchev–Trinajstić information content (AvgIpc) is 2.82. The van der Waals surface area contributed by atoms with Crippen LogP contribution in [-0.2, 0) is 16.1 Å². The van der Waals surface area contributed by atoms with Gasteiger partial charge in [-0.3, -0.25) is 9.59 Å². The van der Waals surface area contributed by atoms with Crippen molar-refractivity contribution in [2.24, 2.45) is 0 Å². The molecule has 4 nitrogen and oxygen atoms in total. The Morgan fingerprint density at radius 1 is 1.30 bits per heavy atom. The van der Waals surface area contributed by atoms with Crippen LogP contribution in [0.15, 0.2) is 15.9 Å². The minimum absolute atomic E-state index is 0.121. The first kappa shape index (κ1) is 14.1. The van der Waals surface area contributed by atoms with Crippen molar-refractivity contribution in [1.82, 2.24) is 9.80 Å². The second kappa shape index (κ2) is 5.85. The predicted molar refractivity (Wildman–Crippen MR) is 81.4 cm³/mol. The third-order valence-electron chi connectivity index (χ3n) is 4.04. The number of hydrogen-bond acceptors (Lipinski definition) is 3. The number of fused-ring (bicyclic) bond motifs is 1. The quantitative estimate of drug-likeness (QED) is 0.817. The first-order valence-electron chi connectivity index (χ1n) is 6.97. The maximum Gasteiger partial charge on any atom is 0.245 e. The monoisotopic (exact) mass is 356 g/mol. The second-order valence-electron chi connectivity index (χ2n) is 5.30. The highest BCUT2D eigenvalue weighted by atomic mass is 79.9. The zero-order valence-electron chi connectivity index (χ0n) is 11.2. The normalized spacial score (nSPS) is 23.8. The Morgan fingerprint density at radius 3 is 2.90 bits per heavy atom. The third kappa shape index (κ3) is 2.63. The molecular formula is C14H17BrN2O2S. The number of thiophene rings is 1. The lowest BCUT2D eigenvalue weighted by atomic mass is 10.0. The molecule has 0 radical (unpaired) electrons. The largest absolute Gasteiger partial charge is 0.335 e. The number of piperidine rings is 1. The van der Waals surface area contributed by atoms with Crippen LogP contribution in [-0.4, -0.2) is 40.7 Å². The average molecular weight is 357 g/mol. The minimum atomic E-state index is -0.225. The minimum Gasteiger partial charge on any atom is -0.335 e. The summed E-state index contributed by atoms with van der Waals surface area (Å²) in [6.45, 7) is 1.88. The van der Waals surface area contributed by atoms with E-state index < -0.39 is 0 Å². The molecule has 2 amide bonds. The molecule has 2 fully saturated rings. The molecule has 0 aliphatic carbocycles. The summed E-state index contributed by atoms with van der Waals surface area (Å²) >= 11 is 5.15. The van der Waals surface area contributed by atoms with Crippen molar-refractivity contribution >= 4 is 39.1 Å². The van der Waals surface area contributed by atoms with Gasteiger partial charge in [-0.05, 0) is 46.6 Å². The molecule has 108 valence electrons. The maximum atomic E-state index is 12.7. The van der Waals surface area contributed by atoms with Gasteiger partial charge in [0.25, 0.3) is 0 Å². The van der Waals surface area contributed by atoms with Crippen LogP contribution < -0.4 is 0 Å². The summed E-state index contributed by atoms with van der Waals surface area (Å²) in [6, 6.07) is 1.78. The van der Waals surface area contributed by atoms with E-state index in [9.17, 15) is 9.59 Å². The second-order valence-corrected chi connectivity index (χ2v) is 7.16. The Hall–Kier alpha value is -0.880. The van der Waals surface area contributed by atoms with Gasteiger partial charge in [-0.1, -0.05) is 0 Å².